The normalized spacial score (nSPS) is 20.1. The van der Waals surface area contributed by atoms with Crippen LogP contribution < -0.4 is 10.6 Å². The molecule has 3 aromatic rings. The molecule has 3 N–H and O–H groups in total. The van der Waals surface area contributed by atoms with Crippen LogP contribution >= 0.6 is 11.6 Å². The molecular weight excluding hydrogens is 440 g/mol. The zero-order valence-corrected chi connectivity index (χ0v) is 18.9. The Kier molecular flexibility index (Phi) is 5.58. The number of aromatic amines is 1. The van der Waals surface area contributed by atoms with Crippen LogP contribution in [0, 0.1) is 5.92 Å². The summed E-state index contributed by atoms with van der Waals surface area (Å²) in [5.74, 6) is -0.307. The van der Waals surface area contributed by atoms with Crippen LogP contribution in [0.25, 0.3) is 10.9 Å². The molecule has 0 radical (unpaired) electrons. The average molecular weight is 465 g/mol. The molecule has 5 rings (SSSR count). The molecule has 0 spiro atoms. The predicted molar refractivity (Wildman–Crippen MR) is 126 cm³/mol. The van der Waals surface area contributed by atoms with Crippen molar-refractivity contribution in [3.05, 3.63) is 70.9 Å². The summed E-state index contributed by atoms with van der Waals surface area (Å²) < 4.78 is 0. The molecule has 1 aromatic heterocycles. The number of halogens is 1. The highest BCUT2D eigenvalue weighted by Gasteiger charge is 2.46. The van der Waals surface area contributed by atoms with Crippen molar-refractivity contribution < 1.29 is 14.4 Å². The van der Waals surface area contributed by atoms with E-state index >= 15 is 0 Å². The molecule has 4 amide bonds. The van der Waals surface area contributed by atoms with Crippen LogP contribution in [0.3, 0.4) is 0 Å². The van der Waals surface area contributed by atoms with Crippen molar-refractivity contribution in [2.24, 2.45) is 5.92 Å². The monoisotopic (exact) mass is 464 g/mol. The van der Waals surface area contributed by atoms with Crippen molar-refractivity contribution in [3.8, 4) is 0 Å². The number of aromatic nitrogens is 1. The van der Waals surface area contributed by atoms with Gasteiger partial charge in [-0.25, -0.2) is 9.69 Å². The van der Waals surface area contributed by atoms with E-state index in [2.05, 4.69) is 15.6 Å². The van der Waals surface area contributed by atoms with Crippen LogP contribution in [0.15, 0.2) is 54.7 Å². The lowest BCUT2D eigenvalue weighted by Gasteiger charge is -2.26. The van der Waals surface area contributed by atoms with Gasteiger partial charge < -0.3 is 15.6 Å². The SMILES string of the molecule is CC(NC(=O)C(Cc1ccccc1)N1C(=O)NC(c2c[nH]c3c(Cl)cccc23)C1=O)C1CC1. The topological polar surface area (TPSA) is 94.3 Å². The molecule has 3 atom stereocenters. The van der Waals surface area contributed by atoms with Gasteiger partial charge in [-0.3, -0.25) is 9.59 Å². The number of carbonyl (C=O) groups is 3. The number of amides is 4. The number of carbonyl (C=O) groups excluding carboxylic acids is 3. The lowest BCUT2D eigenvalue weighted by Crippen LogP contribution is -2.53. The van der Waals surface area contributed by atoms with E-state index in [-0.39, 0.29) is 18.4 Å². The number of imide groups is 1. The van der Waals surface area contributed by atoms with Crippen LogP contribution in [0.1, 0.15) is 36.9 Å². The Morgan fingerprint density at radius 3 is 2.64 bits per heavy atom. The number of H-pyrrole nitrogens is 1. The van der Waals surface area contributed by atoms with Gasteiger partial charge in [0.1, 0.15) is 12.1 Å². The Bertz CT molecular complexity index is 1220. The molecule has 2 heterocycles. The number of nitrogens with one attached hydrogen (secondary N) is 3. The molecule has 1 saturated carbocycles. The van der Waals surface area contributed by atoms with E-state index in [1.165, 1.54) is 0 Å². The first-order valence-corrected chi connectivity index (χ1v) is 11.5. The molecule has 2 aliphatic rings. The van der Waals surface area contributed by atoms with Gasteiger partial charge in [-0.1, -0.05) is 54.1 Å². The van der Waals surface area contributed by atoms with E-state index in [9.17, 15) is 14.4 Å². The number of urea groups is 1. The number of nitrogens with zero attached hydrogens (tertiary/aromatic N) is 1. The molecule has 170 valence electrons. The Labute approximate surface area is 196 Å². The average Bonchev–Trinajstić information content (AvgIpc) is 3.51. The third-order valence-electron chi connectivity index (χ3n) is 6.56. The first kappa shape index (κ1) is 21.5. The number of hydrogen-bond acceptors (Lipinski definition) is 3. The third kappa shape index (κ3) is 4.09. The van der Waals surface area contributed by atoms with Crippen LogP contribution in [-0.2, 0) is 16.0 Å². The molecule has 8 heteroatoms. The Morgan fingerprint density at radius 2 is 1.91 bits per heavy atom. The number of hydrogen-bond donors (Lipinski definition) is 3. The van der Waals surface area contributed by atoms with Crippen molar-refractivity contribution in [1.82, 2.24) is 20.5 Å². The van der Waals surface area contributed by atoms with E-state index in [1.807, 2.05) is 43.3 Å². The summed E-state index contributed by atoms with van der Waals surface area (Å²) in [6.45, 7) is 1.97. The van der Waals surface area contributed by atoms with E-state index in [4.69, 9.17) is 11.6 Å². The number of benzene rings is 2. The van der Waals surface area contributed by atoms with Gasteiger partial charge in [0.15, 0.2) is 0 Å². The van der Waals surface area contributed by atoms with Crippen LogP contribution in [0.5, 0.6) is 0 Å². The summed E-state index contributed by atoms with van der Waals surface area (Å²) in [6.07, 6.45) is 4.10. The lowest BCUT2D eigenvalue weighted by atomic mass is 10.0. The summed E-state index contributed by atoms with van der Waals surface area (Å²) in [5, 5.41) is 7.09. The minimum Gasteiger partial charge on any atom is -0.360 e. The molecule has 33 heavy (non-hydrogen) atoms. The van der Waals surface area contributed by atoms with Crippen LogP contribution in [-0.4, -0.2) is 39.8 Å². The molecule has 2 fully saturated rings. The van der Waals surface area contributed by atoms with Crippen molar-refractivity contribution in [2.45, 2.75) is 44.3 Å². The molecule has 0 bridgehead atoms. The molecule has 7 nitrogen and oxygen atoms in total. The Morgan fingerprint density at radius 1 is 1.15 bits per heavy atom. The van der Waals surface area contributed by atoms with Crippen molar-refractivity contribution in [2.75, 3.05) is 0 Å². The minimum atomic E-state index is -0.945. The first-order valence-electron chi connectivity index (χ1n) is 11.2. The molecule has 1 saturated heterocycles. The summed E-state index contributed by atoms with van der Waals surface area (Å²) in [4.78, 5) is 44.0. The summed E-state index contributed by atoms with van der Waals surface area (Å²) in [6, 6.07) is 12.4. The smallest absolute Gasteiger partial charge is 0.325 e. The maximum atomic E-state index is 13.5. The second-order valence-corrected chi connectivity index (χ2v) is 9.24. The third-order valence-corrected chi connectivity index (χ3v) is 6.88. The van der Waals surface area contributed by atoms with E-state index < -0.39 is 24.0 Å². The van der Waals surface area contributed by atoms with Gasteiger partial charge in [0.05, 0.1) is 10.5 Å². The van der Waals surface area contributed by atoms with Gasteiger partial charge in [-0.15, -0.1) is 0 Å². The highest BCUT2D eigenvalue weighted by atomic mass is 35.5. The first-order chi connectivity index (χ1) is 15.9. The minimum absolute atomic E-state index is 0.00287. The number of fused-ring (bicyclic) bond motifs is 1. The van der Waals surface area contributed by atoms with Gasteiger partial charge in [-0.2, -0.15) is 0 Å². The van der Waals surface area contributed by atoms with E-state index in [1.54, 1.807) is 18.3 Å². The van der Waals surface area contributed by atoms with Crippen molar-refractivity contribution >= 4 is 40.3 Å². The fraction of sp³-hybridized carbons (Fsp3) is 0.320. The Balaban J connectivity index is 1.46. The van der Waals surface area contributed by atoms with Gasteiger partial charge in [-0.05, 0) is 37.3 Å². The number of rotatable bonds is 7. The molecule has 3 unspecified atom stereocenters. The highest BCUT2D eigenvalue weighted by molar-refractivity contribution is 6.35. The largest absolute Gasteiger partial charge is 0.360 e. The maximum Gasteiger partial charge on any atom is 0.325 e. The van der Waals surface area contributed by atoms with Gasteiger partial charge in [0.2, 0.25) is 5.91 Å². The van der Waals surface area contributed by atoms with Crippen molar-refractivity contribution in [1.29, 1.82) is 0 Å². The summed E-state index contributed by atoms with van der Waals surface area (Å²) >= 11 is 6.27. The Hall–Kier alpha value is -3.32. The number of para-hydroxylation sites is 1. The summed E-state index contributed by atoms with van der Waals surface area (Å²) in [5.41, 5.74) is 2.20. The van der Waals surface area contributed by atoms with Gasteiger partial charge in [0.25, 0.3) is 5.91 Å². The zero-order chi connectivity index (χ0) is 23.1. The van der Waals surface area contributed by atoms with E-state index in [0.717, 1.165) is 28.7 Å². The van der Waals surface area contributed by atoms with Crippen molar-refractivity contribution in [3.63, 3.8) is 0 Å². The van der Waals surface area contributed by atoms with E-state index in [0.29, 0.717) is 22.0 Å². The highest BCUT2D eigenvalue weighted by Crippen LogP contribution is 2.34. The quantitative estimate of drug-likeness (QED) is 0.462. The molecular formula is C25H25ClN4O3. The fourth-order valence-corrected chi connectivity index (χ4v) is 4.78. The second kappa shape index (κ2) is 8.56. The van der Waals surface area contributed by atoms with Gasteiger partial charge >= 0.3 is 6.03 Å². The fourth-order valence-electron chi connectivity index (χ4n) is 4.55. The standard InChI is InChI=1S/C25H25ClN4O3/c1-14(16-10-11-16)28-23(31)20(12-15-6-3-2-4-7-15)30-24(32)22(29-25(30)33)18-13-27-21-17(18)8-5-9-19(21)26/h2-9,13-14,16,20,22,27H,10-12H2,1H3,(H,28,31)(H,29,33). The molecule has 1 aliphatic heterocycles. The zero-order valence-electron chi connectivity index (χ0n) is 18.2. The summed E-state index contributed by atoms with van der Waals surface area (Å²) in [7, 11) is 0. The van der Waals surface area contributed by atoms with Crippen LogP contribution in [0.4, 0.5) is 4.79 Å². The second-order valence-electron chi connectivity index (χ2n) is 8.84. The predicted octanol–water partition coefficient (Wildman–Crippen LogP) is 3.94. The maximum absolute atomic E-state index is 13.5. The molecule has 1 aliphatic carbocycles. The molecule has 2 aromatic carbocycles. The van der Waals surface area contributed by atoms with Crippen LogP contribution in [0.2, 0.25) is 5.02 Å². The van der Waals surface area contributed by atoms with Gasteiger partial charge in [0, 0.05) is 29.6 Å². The lowest BCUT2D eigenvalue weighted by molar-refractivity contribution is -0.136.